The molecule has 0 saturated heterocycles. The summed E-state index contributed by atoms with van der Waals surface area (Å²) in [6, 6.07) is 10.0. The number of hydrogen-bond acceptors (Lipinski definition) is 4. The Morgan fingerprint density at radius 1 is 1.33 bits per heavy atom. The van der Waals surface area contributed by atoms with E-state index >= 15 is 0 Å². The molecule has 2 N–H and O–H groups in total. The van der Waals surface area contributed by atoms with Gasteiger partial charge in [-0.1, -0.05) is 37.3 Å². The topological polar surface area (TPSA) is 54.0 Å². The number of anilines is 1. The monoisotopic (exact) mass is 303 g/mol. The lowest BCUT2D eigenvalue weighted by Crippen LogP contribution is -2.20. The highest BCUT2D eigenvalue weighted by Gasteiger charge is 2.19. The van der Waals surface area contributed by atoms with Crippen LogP contribution >= 0.6 is 11.3 Å². The summed E-state index contributed by atoms with van der Waals surface area (Å²) in [4.78, 5) is 16.9. The molecule has 1 aromatic heterocycles. The van der Waals surface area contributed by atoms with Gasteiger partial charge in [0.25, 0.3) is 0 Å². The number of aromatic nitrogens is 1. The van der Waals surface area contributed by atoms with Crippen LogP contribution in [0.3, 0.4) is 0 Å². The van der Waals surface area contributed by atoms with Gasteiger partial charge in [0.2, 0.25) is 5.91 Å². The average molecular weight is 303 g/mol. The highest BCUT2D eigenvalue weighted by atomic mass is 32.1. The van der Waals surface area contributed by atoms with E-state index < -0.39 is 0 Å². The molecule has 0 radical (unpaired) electrons. The van der Waals surface area contributed by atoms with E-state index in [2.05, 4.69) is 15.6 Å². The number of carbonyl (C=O) groups is 1. The Hall–Kier alpha value is -1.72. The van der Waals surface area contributed by atoms with E-state index in [1.807, 2.05) is 56.6 Å². The molecule has 0 spiro atoms. The summed E-state index contributed by atoms with van der Waals surface area (Å²) in [5, 5.41) is 8.70. The molecule has 21 heavy (non-hydrogen) atoms. The summed E-state index contributed by atoms with van der Waals surface area (Å²) < 4.78 is 0. The smallest absolute Gasteiger partial charge is 0.233 e. The van der Waals surface area contributed by atoms with Gasteiger partial charge in [-0.15, -0.1) is 11.3 Å². The maximum Gasteiger partial charge on any atom is 0.233 e. The molecule has 4 nitrogen and oxygen atoms in total. The van der Waals surface area contributed by atoms with Crippen LogP contribution in [0.5, 0.6) is 0 Å². The predicted octanol–water partition coefficient (Wildman–Crippen LogP) is 3.56. The molecule has 2 unspecified atom stereocenters. The first-order chi connectivity index (χ1) is 10.2. The third kappa shape index (κ3) is 3.89. The Kier molecular flexibility index (Phi) is 5.47. The van der Waals surface area contributed by atoms with Crippen molar-refractivity contribution in [2.24, 2.45) is 0 Å². The van der Waals surface area contributed by atoms with Crippen molar-refractivity contribution in [1.82, 2.24) is 10.3 Å². The number of amides is 1. The SMILES string of the molecule is CCC(C(=O)Nc1nc(C(C)NC)cs1)c1ccccc1. The fourth-order valence-electron chi connectivity index (χ4n) is 2.14. The second-order valence-electron chi connectivity index (χ2n) is 4.95. The van der Waals surface area contributed by atoms with E-state index in [4.69, 9.17) is 0 Å². The summed E-state index contributed by atoms with van der Waals surface area (Å²) in [6.45, 7) is 4.06. The van der Waals surface area contributed by atoms with Crippen LogP contribution < -0.4 is 10.6 Å². The molecule has 1 heterocycles. The minimum atomic E-state index is -0.139. The molecule has 2 rings (SSSR count). The zero-order chi connectivity index (χ0) is 15.2. The van der Waals surface area contributed by atoms with Crippen molar-refractivity contribution in [1.29, 1.82) is 0 Å². The number of benzene rings is 1. The molecule has 5 heteroatoms. The van der Waals surface area contributed by atoms with E-state index in [-0.39, 0.29) is 17.9 Å². The van der Waals surface area contributed by atoms with Crippen LogP contribution in [0.4, 0.5) is 5.13 Å². The van der Waals surface area contributed by atoms with Crippen LogP contribution in [-0.4, -0.2) is 17.9 Å². The molecular weight excluding hydrogens is 282 g/mol. The van der Waals surface area contributed by atoms with Crippen molar-refractivity contribution < 1.29 is 4.79 Å². The van der Waals surface area contributed by atoms with E-state index in [1.165, 1.54) is 11.3 Å². The van der Waals surface area contributed by atoms with Gasteiger partial charge in [-0.05, 0) is 26.0 Å². The first-order valence-electron chi connectivity index (χ1n) is 7.14. The van der Waals surface area contributed by atoms with E-state index in [9.17, 15) is 4.79 Å². The van der Waals surface area contributed by atoms with Crippen LogP contribution in [0.15, 0.2) is 35.7 Å². The fourth-order valence-corrected chi connectivity index (χ4v) is 2.95. The Morgan fingerprint density at radius 2 is 2.05 bits per heavy atom. The van der Waals surface area contributed by atoms with Crippen LogP contribution in [0.25, 0.3) is 0 Å². The third-order valence-electron chi connectivity index (χ3n) is 3.56. The quantitative estimate of drug-likeness (QED) is 0.858. The number of thiazole rings is 1. The van der Waals surface area contributed by atoms with Gasteiger partial charge < -0.3 is 10.6 Å². The van der Waals surface area contributed by atoms with Gasteiger partial charge in [-0.2, -0.15) is 0 Å². The number of hydrogen-bond donors (Lipinski definition) is 2. The van der Waals surface area contributed by atoms with Crippen molar-refractivity contribution in [2.75, 3.05) is 12.4 Å². The molecule has 2 aromatic rings. The van der Waals surface area contributed by atoms with E-state index in [1.54, 1.807) is 0 Å². The Morgan fingerprint density at radius 3 is 2.67 bits per heavy atom. The van der Waals surface area contributed by atoms with Gasteiger partial charge in [0, 0.05) is 11.4 Å². The summed E-state index contributed by atoms with van der Waals surface area (Å²) in [5.41, 5.74) is 1.99. The molecular formula is C16H21N3OS. The molecule has 2 atom stereocenters. The van der Waals surface area contributed by atoms with Crippen molar-refractivity contribution in [2.45, 2.75) is 32.2 Å². The Balaban J connectivity index is 2.08. The van der Waals surface area contributed by atoms with Crippen molar-refractivity contribution >= 4 is 22.4 Å². The maximum absolute atomic E-state index is 12.4. The maximum atomic E-state index is 12.4. The lowest BCUT2D eigenvalue weighted by atomic mass is 9.96. The third-order valence-corrected chi connectivity index (χ3v) is 4.33. The van der Waals surface area contributed by atoms with Gasteiger partial charge >= 0.3 is 0 Å². The second-order valence-corrected chi connectivity index (χ2v) is 5.81. The largest absolute Gasteiger partial charge is 0.312 e. The summed E-state index contributed by atoms with van der Waals surface area (Å²) >= 11 is 1.46. The van der Waals surface area contributed by atoms with Crippen molar-refractivity contribution in [3.63, 3.8) is 0 Å². The molecule has 0 bridgehead atoms. The van der Waals surface area contributed by atoms with Gasteiger partial charge in [-0.25, -0.2) is 4.98 Å². The van der Waals surface area contributed by atoms with E-state index in [0.717, 1.165) is 17.7 Å². The first-order valence-corrected chi connectivity index (χ1v) is 8.02. The lowest BCUT2D eigenvalue weighted by Gasteiger charge is -2.14. The number of nitrogens with one attached hydrogen (secondary N) is 2. The zero-order valence-corrected chi connectivity index (χ0v) is 13.4. The normalized spacial score (nSPS) is 13.7. The van der Waals surface area contributed by atoms with Gasteiger partial charge in [-0.3, -0.25) is 4.79 Å². The molecule has 1 amide bonds. The van der Waals surface area contributed by atoms with Gasteiger partial charge in [0.05, 0.1) is 11.6 Å². The number of carbonyl (C=O) groups excluding carboxylic acids is 1. The number of nitrogens with zero attached hydrogens (tertiary/aromatic N) is 1. The van der Waals surface area contributed by atoms with Crippen molar-refractivity contribution in [3.05, 3.63) is 47.0 Å². The van der Waals surface area contributed by atoms with E-state index in [0.29, 0.717) is 5.13 Å². The highest BCUT2D eigenvalue weighted by Crippen LogP contribution is 2.24. The van der Waals surface area contributed by atoms with Gasteiger partial charge in [0.1, 0.15) is 0 Å². The summed E-state index contributed by atoms with van der Waals surface area (Å²) in [7, 11) is 1.89. The molecule has 0 saturated carbocycles. The molecule has 0 aliphatic heterocycles. The second kappa shape index (κ2) is 7.33. The minimum Gasteiger partial charge on any atom is -0.312 e. The molecule has 0 aliphatic rings. The van der Waals surface area contributed by atoms with Crippen LogP contribution in [0.1, 0.15) is 43.5 Å². The standard InChI is InChI=1S/C16H21N3OS/c1-4-13(12-8-6-5-7-9-12)15(20)19-16-18-14(10-21-16)11(2)17-3/h5-11,13,17H,4H2,1-3H3,(H,18,19,20). The number of rotatable bonds is 6. The minimum absolute atomic E-state index is 0.00158. The lowest BCUT2D eigenvalue weighted by molar-refractivity contribution is -0.117. The van der Waals surface area contributed by atoms with Crippen LogP contribution in [-0.2, 0) is 4.79 Å². The molecule has 0 aliphatic carbocycles. The highest BCUT2D eigenvalue weighted by molar-refractivity contribution is 7.13. The molecule has 1 aromatic carbocycles. The molecule has 112 valence electrons. The van der Waals surface area contributed by atoms with Crippen LogP contribution in [0, 0.1) is 0 Å². The van der Waals surface area contributed by atoms with Crippen molar-refractivity contribution in [3.8, 4) is 0 Å². The molecule has 0 fully saturated rings. The summed E-state index contributed by atoms with van der Waals surface area (Å²) in [5.74, 6) is -0.137. The fraction of sp³-hybridized carbons (Fsp3) is 0.375. The van der Waals surface area contributed by atoms with Gasteiger partial charge in [0.15, 0.2) is 5.13 Å². The first kappa shape index (κ1) is 15.7. The van der Waals surface area contributed by atoms with Crippen LogP contribution in [0.2, 0.25) is 0 Å². The average Bonchev–Trinajstić information content (AvgIpc) is 2.96. The summed E-state index contributed by atoms with van der Waals surface area (Å²) in [6.07, 6.45) is 0.765. The Bertz CT molecular complexity index is 582. The zero-order valence-electron chi connectivity index (χ0n) is 12.6. The predicted molar refractivity (Wildman–Crippen MR) is 87.7 cm³/mol. The Labute approximate surface area is 129 Å².